The van der Waals surface area contributed by atoms with Crippen LogP contribution in [0.1, 0.15) is 21.5 Å². The van der Waals surface area contributed by atoms with Gasteiger partial charge in [0.15, 0.2) is 5.78 Å². The third kappa shape index (κ3) is 3.22. The molecule has 0 aliphatic carbocycles. The molecule has 2 heterocycles. The van der Waals surface area contributed by atoms with E-state index >= 15 is 0 Å². The number of hydrogen-bond acceptors (Lipinski definition) is 4. The number of carbonyl (C=O) groups is 2. The minimum absolute atomic E-state index is 0.0608. The predicted octanol–water partition coefficient (Wildman–Crippen LogP) is 1.93. The lowest BCUT2D eigenvalue weighted by Gasteiger charge is -2.15. The fraction of sp³-hybridized carbons (Fsp3) is 0.188. The normalized spacial score (nSPS) is 13.2. The van der Waals surface area contributed by atoms with E-state index in [-0.39, 0.29) is 30.3 Å². The predicted molar refractivity (Wildman–Crippen MR) is 75.9 cm³/mol. The van der Waals surface area contributed by atoms with Gasteiger partial charge in [-0.1, -0.05) is 0 Å². The Morgan fingerprint density at radius 3 is 2.62 bits per heavy atom. The Hall–Kier alpha value is -2.90. The first kappa shape index (κ1) is 16.0. The number of halogens is 3. The molecule has 5 nitrogen and oxygen atoms in total. The number of ether oxygens (including phenoxy) is 1. The van der Waals surface area contributed by atoms with Crippen molar-refractivity contribution in [1.82, 2.24) is 10.3 Å². The van der Waals surface area contributed by atoms with Crippen molar-refractivity contribution in [3.8, 4) is 5.88 Å². The molecule has 1 amide bonds. The standard InChI is InChI=1S/C16H11F3N2O3/c17-10-3-13(18)12(14(19)4-10)6-20-15(23)9-1-8-2-11(22)7-24-16(8)21-5-9/h1,3-5H,2,6-7H2,(H,20,23). The van der Waals surface area contributed by atoms with Crippen LogP contribution in [0.2, 0.25) is 0 Å². The van der Waals surface area contributed by atoms with Gasteiger partial charge in [0, 0.05) is 42.4 Å². The number of pyridine rings is 1. The van der Waals surface area contributed by atoms with Gasteiger partial charge in [-0.25, -0.2) is 18.2 Å². The average Bonchev–Trinajstić information content (AvgIpc) is 2.52. The summed E-state index contributed by atoms with van der Waals surface area (Å²) in [6.07, 6.45) is 1.34. The van der Waals surface area contributed by atoms with Gasteiger partial charge in [0.05, 0.1) is 5.56 Å². The van der Waals surface area contributed by atoms with Crippen LogP contribution in [0.3, 0.4) is 0 Å². The van der Waals surface area contributed by atoms with Crippen LogP contribution in [0.5, 0.6) is 5.88 Å². The third-order valence-corrected chi connectivity index (χ3v) is 3.48. The van der Waals surface area contributed by atoms with Crippen molar-refractivity contribution in [3.05, 3.63) is 58.5 Å². The summed E-state index contributed by atoms with van der Waals surface area (Å²) in [6.45, 7) is -0.516. The molecule has 0 saturated carbocycles. The Morgan fingerprint density at radius 2 is 1.92 bits per heavy atom. The van der Waals surface area contributed by atoms with Crippen molar-refractivity contribution in [2.24, 2.45) is 0 Å². The molecule has 1 aliphatic heterocycles. The van der Waals surface area contributed by atoms with Crippen molar-refractivity contribution in [2.75, 3.05) is 6.61 Å². The van der Waals surface area contributed by atoms with Crippen molar-refractivity contribution in [2.45, 2.75) is 13.0 Å². The van der Waals surface area contributed by atoms with Crippen LogP contribution in [0.4, 0.5) is 13.2 Å². The summed E-state index contributed by atoms with van der Waals surface area (Å²) in [5.41, 5.74) is 0.141. The summed E-state index contributed by atoms with van der Waals surface area (Å²) in [6, 6.07) is 2.51. The highest BCUT2D eigenvalue weighted by atomic mass is 19.1. The summed E-state index contributed by atoms with van der Waals surface area (Å²) in [4.78, 5) is 27.4. The summed E-state index contributed by atoms with van der Waals surface area (Å²) < 4.78 is 45.0. The first-order chi connectivity index (χ1) is 11.4. The van der Waals surface area contributed by atoms with Gasteiger partial charge in [-0.3, -0.25) is 9.59 Å². The molecule has 124 valence electrons. The molecule has 0 bridgehead atoms. The Balaban J connectivity index is 1.74. The lowest BCUT2D eigenvalue weighted by atomic mass is 10.1. The van der Waals surface area contributed by atoms with E-state index in [0.29, 0.717) is 17.7 Å². The van der Waals surface area contributed by atoms with Gasteiger partial charge in [-0.2, -0.15) is 0 Å². The van der Waals surface area contributed by atoms with Gasteiger partial charge in [0.2, 0.25) is 5.88 Å². The minimum atomic E-state index is -1.09. The summed E-state index contributed by atoms with van der Waals surface area (Å²) in [5, 5.41) is 2.33. The molecule has 24 heavy (non-hydrogen) atoms. The first-order valence-corrected chi connectivity index (χ1v) is 6.99. The van der Waals surface area contributed by atoms with Gasteiger partial charge in [-0.15, -0.1) is 0 Å². The third-order valence-electron chi connectivity index (χ3n) is 3.48. The van der Waals surface area contributed by atoms with Gasteiger partial charge in [-0.05, 0) is 6.07 Å². The van der Waals surface area contributed by atoms with E-state index in [1.807, 2.05) is 0 Å². The maximum Gasteiger partial charge on any atom is 0.253 e. The van der Waals surface area contributed by atoms with Gasteiger partial charge in [0.1, 0.15) is 24.1 Å². The van der Waals surface area contributed by atoms with Crippen molar-refractivity contribution >= 4 is 11.7 Å². The van der Waals surface area contributed by atoms with E-state index in [0.717, 1.165) is 0 Å². The second kappa shape index (κ2) is 6.31. The van der Waals surface area contributed by atoms with Crippen LogP contribution >= 0.6 is 0 Å². The van der Waals surface area contributed by atoms with E-state index in [2.05, 4.69) is 10.3 Å². The maximum absolute atomic E-state index is 13.5. The zero-order valence-electron chi connectivity index (χ0n) is 12.2. The number of fused-ring (bicyclic) bond motifs is 1. The zero-order chi connectivity index (χ0) is 17.3. The van der Waals surface area contributed by atoms with E-state index in [4.69, 9.17) is 4.74 Å². The number of hydrogen-bond donors (Lipinski definition) is 1. The summed E-state index contributed by atoms with van der Waals surface area (Å²) in [5.74, 6) is -3.71. The van der Waals surface area contributed by atoms with Crippen molar-refractivity contribution in [1.29, 1.82) is 0 Å². The molecule has 1 aromatic heterocycles. The smallest absolute Gasteiger partial charge is 0.253 e. The van der Waals surface area contributed by atoms with E-state index in [1.54, 1.807) is 0 Å². The number of Topliss-reactive ketones (excluding diaryl/α,β-unsaturated/α-hetero) is 1. The summed E-state index contributed by atoms with van der Waals surface area (Å²) >= 11 is 0. The van der Waals surface area contributed by atoms with Crippen molar-refractivity contribution in [3.63, 3.8) is 0 Å². The topological polar surface area (TPSA) is 68.3 Å². The number of amides is 1. The monoisotopic (exact) mass is 336 g/mol. The summed E-state index contributed by atoms with van der Waals surface area (Å²) in [7, 11) is 0. The van der Waals surface area contributed by atoms with Gasteiger partial charge >= 0.3 is 0 Å². The van der Waals surface area contributed by atoms with E-state index < -0.39 is 35.5 Å². The van der Waals surface area contributed by atoms with E-state index in [9.17, 15) is 22.8 Å². The van der Waals surface area contributed by atoms with Crippen molar-refractivity contribution < 1.29 is 27.5 Å². The Morgan fingerprint density at radius 1 is 1.21 bits per heavy atom. The average molecular weight is 336 g/mol. The highest BCUT2D eigenvalue weighted by Crippen LogP contribution is 2.21. The van der Waals surface area contributed by atoms with Crippen LogP contribution in [0, 0.1) is 17.5 Å². The Bertz CT molecular complexity index is 816. The molecular formula is C16H11F3N2O3. The van der Waals surface area contributed by atoms with Crippen LogP contribution in [0.15, 0.2) is 24.4 Å². The quantitative estimate of drug-likeness (QED) is 0.930. The fourth-order valence-electron chi connectivity index (χ4n) is 2.30. The first-order valence-electron chi connectivity index (χ1n) is 6.99. The Labute approximate surface area is 134 Å². The number of rotatable bonds is 3. The molecule has 8 heteroatoms. The number of nitrogens with one attached hydrogen (secondary N) is 1. The molecule has 2 aromatic rings. The molecule has 1 N–H and O–H groups in total. The second-order valence-electron chi connectivity index (χ2n) is 5.22. The molecule has 1 aliphatic rings. The number of ketones is 1. The largest absolute Gasteiger partial charge is 0.469 e. The van der Waals surface area contributed by atoms with Crippen LogP contribution in [-0.2, 0) is 17.8 Å². The van der Waals surface area contributed by atoms with Gasteiger partial charge in [0.25, 0.3) is 5.91 Å². The minimum Gasteiger partial charge on any atom is -0.469 e. The molecule has 1 aromatic carbocycles. The molecule has 0 spiro atoms. The molecule has 0 atom stereocenters. The fourth-order valence-corrected chi connectivity index (χ4v) is 2.30. The molecular weight excluding hydrogens is 325 g/mol. The van der Waals surface area contributed by atoms with Crippen LogP contribution in [0.25, 0.3) is 0 Å². The highest BCUT2D eigenvalue weighted by Gasteiger charge is 2.20. The number of nitrogens with zero attached hydrogens (tertiary/aromatic N) is 1. The molecule has 0 radical (unpaired) electrons. The van der Waals surface area contributed by atoms with E-state index in [1.165, 1.54) is 12.3 Å². The van der Waals surface area contributed by atoms with Crippen LogP contribution < -0.4 is 10.1 Å². The number of benzene rings is 1. The molecule has 0 fully saturated rings. The molecule has 0 unspecified atom stereocenters. The second-order valence-corrected chi connectivity index (χ2v) is 5.22. The lowest BCUT2D eigenvalue weighted by Crippen LogP contribution is -2.26. The Kier molecular flexibility index (Phi) is 4.20. The zero-order valence-corrected chi connectivity index (χ0v) is 12.2. The molecule has 3 rings (SSSR count). The SMILES string of the molecule is O=C1COc2ncc(C(=O)NCc3c(F)cc(F)cc3F)cc2C1. The lowest BCUT2D eigenvalue weighted by molar-refractivity contribution is -0.121. The number of aromatic nitrogens is 1. The highest BCUT2D eigenvalue weighted by molar-refractivity contribution is 5.94. The molecule has 0 saturated heterocycles. The van der Waals surface area contributed by atoms with Gasteiger partial charge < -0.3 is 10.1 Å². The maximum atomic E-state index is 13.5. The van der Waals surface area contributed by atoms with Crippen LogP contribution in [-0.4, -0.2) is 23.3 Å². The number of carbonyl (C=O) groups excluding carboxylic acids is 2.